The van der Waals surface area contributed by atoms with Crippen molar-refractivity contribution in [3.8, 4) is 0 Å². The Kier molecular flexibility index (Phi) is 4.92. The van der Waals surface area contributed by atoms with Gasteiger partial charge in [0.1, 0.15) is 0 Å². The molecule has 118 valence electrons. The SMILES string of the molecule is CCOC(=O)c1cnc(NCc2nc(C(F)F)no2)nc1C. The minimum Gasteiger partial charge on any atom is -0.462 e. The van der Waals surface area contributed by atoms with Crippen molar-refractivity contribution in [1.82, 2.24) is 20.1 Å². The summed E-state index contributed by atoms with van der Waals surface area (Å²) in [6.45, 7) is 3.56. The predicted octanol–water partition coefficient (Wildman–Crippen LogP) is 1.89. The first-order chi connectivity index (χ1) is 10.5. The van der Waals surface area contributed by atoms with E-state index in [2.05, 4.69) is 29.9 Å². The number of aromatic nitrogens is 4. The van der Waals surface area contributed by atoms with Crippen LogP contribution >= 0.6 is 0 Å². The molecule has 0 aliphatic carbocycles. The minimum absolute atomic E-state index is 0.0160. The summed E-state index contributed by atoms with van der Waals surface area (Å²) in [6.07, 6.45) is -1.47. The van der Waals surface area contributed by atoms with Gasteiger partial charge in [-0.15, -0.1) is 0 Å². The molecule has 10 heteroatoms. The first kappa shape index (κ1) is 15.7. The number of alkyl halides is 2. The van der Waals surface area contributed by atoms with Gasteiger partial charge in [0.25, 0.3) is 0 Å². The normalized spacial score (nSPS) is 10.8. The van der Waals surface area contributed by atoms with E-state index in [1.807, 2.05) is 0 Å². The summed E-state index contributed by atoms with van der Waals surface area (Å²) in [5.41, 5.74) is 0.680. The number of nitrogens with one attached hydrogen (secondary N) is 1. The smallest absolute Gasteiger partial charge is 0.341 e. The van der Waals surface area contributed by atoms with E-state index in [1.54, 1.807) is 13.8 Å². The predicted molar refractivity (Wildman–Crippen MR) is 69.3 cm³/mol. The zero-order valence-electron chi connectivity index (χ0n) is 11.8. The van der Waals surface area contributed by atoms with Crippen molar-refractivity contribution in [2.45, 2.75) is 26.8 Å². The summed E-state index contributed by atoms with van der Waals surface area (Å²) in [7, 11) is 0. The van der Waals surface area contributed by atoms with Gasteiger partial charge in [-0.1, -0.05) is 5.16 Å². The van der Waals surface area contributed by atoms with Crippen LogP contribution in [0.15, 0.2) is 10.7 Å². The second-order valence-electron chi connectivity index (χ2n) is 4.11. The first-order valence-corrected chi connectivity index (χ1v) is 6.36. The van der Waals surface area contributed by atoms with E-state index in [0.717, 1.165) is 0 Å². The molecule has 0 amide bonds. The summed E-state index contributed by atoms with van der Waals surface area (Å²) in [6, 6.07) is 0. The van der Waals surface area contributed by atoms with Crippen molar-refractivity contribution < 1.29 is 22.8 Å². The molecule has 2 aromatic rings. The first-order valence-electron chi connectivity index (χ1n) is 6.36. The molecular formula is C12H13F2N5O3. The van der Waals surface area contributed by atoms with Crippen LogP contribution in [-0.2, 0) is 11.3 Å². The Morgan fingerprint density at radius 2 is 2.23 bits per heavy atom. The maximum Gasteiger partial charge on any atom is 0.341 e. The van der Waals surface area contributed by atoms with E-state index in [1.165, 1.54) is 6.20 Å². The van der Waals surface area contributed by atoms with Gasteiger partial charge >= 0.3 is 12.4 Å². The highest BCUT2D eigenvalue weighted by molar-refractivity contribution is 5.90. The van der Waals surface area contributed by atoms with Crippen molar-refractivity contribution in [2.24, 2.45) is 0 Å². The second kappa shape index (κ2) is 6.87. The molecule has 2 rings (SSSR count). The zero-order chi connectivity index (χ0) is 16.1. The van der Waals surface area contributed by atoms with Gasteiger partial charge in [-0.2, -0.15) is 4.98 Å². The molecule has 0 aromatic carbocycles. The summed E-state index contributed by atoms with van der Waals surface area (Å²) < 4.78 is 34.1. The Morgan fingerprint density at radius 1 is 1.45 bits per heavy atom. The van der Waals surface area contributed by atoms with Crippen molar-refractivity contribution in [2.75, 3.05) is 11.9 Å². The lowest BCUT2D eigenvalue weighted by atomic mass is 10.2. The molecule has 0 unspecified atom stereocenters. The number of ether oxygens (including phenoxy) is 1. The topological polar surface area (TPSA) is 103 Å². The maximum atomic E-state index is 12.3. The number of hydrogen-bond donors (Lipinski definition) is 1. The lowest BCUT2D eigenvalue weighted by Crippen LogP contribution is -2.11. The van der Waals surface area contributed by atoms with E-state index >= 15 is 0 Å². The number of carbonyl (C=O) groups excluding carboxylic acids is 1. The molecule has 0 fully saturated rings. The van der Waals surface area contributed by atoms with Crippen LogP contribution in [0.4, 0.5) is 14.7 Å². The van der Waals surface area contributed by atoms with Crippen LogP contribution in [0.1, 0.15) is 41.1 Å². The van der Waals surface area contributed by atoms with Gasteiger partial charge in [-0.05, 0) is 13.8 Å². The lowest BCUT2D eigenvalue weighted by Gasteiger charge is -2.06. The lowest BCUT2D eigenvalue weighted by molar-refractivity contribution is 0.0524. The number of anilines is 1. The number of esters is 1. The van der Waals surface area contributed by atoms with E-state index in [4.69, 9.17) is 4.74 Å². The highest BCUT2D eigenvalue weighted by Crippen LogP contribution is 2.15. The van der Waals surface area contributed by atoms with Crippen LogP contribution in [0.5, 0.6) is 0 Å². The Hall–Kier alpha value is -2.65. The number of nitrogens with zero attached hydrogens (tertiary/aromatic N) is 4. The number of rotatable bonds is 6. The maximum absolute atomic E-state index is 12.3. The molecule has 22 heavy (non-hydrogen) atoms. The molecule has 8 nitrogen and oxygen atoms in total. The van der Waals surface area contributed by atoms with E-state index in [0.29, 0.717) is 5.69 Å². The molecular weight excluding hydrogens is 300 g/mol. The molecule has 1 N–H and O–H groups in total. The van der Waals surface area contributed by atoms with E-state index < -0.39 is 18.2 Å². The molecule has 0 saturated carbocycles. The van der Waals surface area contributed by atoms with Gasteiger partial charge < -0.3 is 14.6 Å². The quantitative estimate of drug-likeness (QED) is 0.806. The average Bonchev–Trinajstić information content (AvgIpc) is 2.94. The number of carbonyl (C=O) groups is 1. The summed E-state index contributed by atoms with van der Waals surface area (Å²) >= 11 is 0. The molecule has 0 bridgehead atoms. The molecule has 0 atom stereocenters. The van der Waals surface area contributed by atoms with Crippen molar-refractivity contribution >= 4 is 11.9 Å². The van der Waals surface area contributed by atoms with Crippen molar-refractivity contribution in [3.05, 3.63) is 29.2 Å². The summed E-state index contributed by atoms with van der Waals surface area (Å²) in [5.74, 6) is -1.01. The van der Waals surface area contributed by atoms with E-state index in [-0.39, 0.29) is 30.6 Å². The summed E-state index contributed by atoms with van der Waals surface area (Å²) in [4.78, 5) is 23.1. The number of halogens is 2. The molecule has 0 spiro atoms. The van der Waals surface area contributed by atoms with Crippen LogP contribution in [0.25, 0.3) is 0 Å². The van der Waals surface area contributed by atoms with Gasteiger partial charge in [0.15, 0.2) is 0 Å². The molecule has 0 radical (unpaired) electrons. The largest absolute Gasteiger partial charge is 0.462 e. The molecule has 0 saturated heterocycles. The third-order valence-electron chi connectivity index (χ3n) is 2.55. The third-order valence-corrected chi connectivity index (χ3v) is 2.55. The zero-order valence-corrected chi connectivity index (χ0v) is 11.8. The molecule has 0 aliphatic rings. The fourth-order valence-corrected chi connectivity index (χ4v) is 1.54. The highest BCUT2D eigenvalue weighted by atomic mass is 19.3. The Bertz CT molecular complexity index is 662. The Balaban J connectivity index is 2.01. The van der Waals surface area contributed by atoms with Gasteiger partial charge in [-0.25, -0.2) is 23.5 Å². The van der Waals surface area contributed by atoms with E-state index in [9.17, 15) is 13.6 Å². The summed E-state index contributed by atoms with van der Waals surface area (Å²) in [5, 5.41) is 5.86. The fraction of sp³-hybridized carbons (Fsp3) is 0.417. The number of aryl methyl sites for hydroxylation is 1. The monoisotopic (exact) mass is 313 g/mol. The standard InChI is InChI=1S/C12H13F2N5O3/c1-3-21-11(20)7-4-15-12(17-6(7)2)16-5-8-18-10(9(13)14)19-22-8/h4,9H,3,5H2,1-2H3,(H,15,16,17). The Morgan fingerprint density at radius 3 is 2.82 bits per heavy atom. The van der Waals surface area contributed by atoms with Gasteiger partial charge in [0, 0.05) is 6.20 Å². The Labute approximate surface area is 123 Å². The minimum atomic E-state index is -2.79. The van der Waals surface area contributed by atoms with Crippen molar-refractivity contribution in [3.63, 3.8) is 0 Å². The van der Waals surface area contributed by atoms with Crippen LogP contribution in [0.2, 0.25) is 0 Å². The number of hydrogen-bond acceptors (Lipinski definition) is 8. The fourth-order valence-electron chi connectivity index (χ4n) is 1.54. The van der Waals surface area contributed by atoms with Crippen LogP contribution in [-0.4, -0.2) is 32.7 Å². The average molecular weight is 313 g/mol. The van der Waals surface area contributed by atoms with Gasteiger partial charge in [0.05, 0.1) is 24.4 Å². The van der Waals surface area contributed by atoms with Gasteiger partial charge in [0.2, 0.25) is 17.7 Å². The molecule has 2 heterocycles. The third kappa shape index (κ3) is 3.71. The second-order valence-corrected chi connectivity index (χ2v) is 4.11. The molecule has 0 aliphatic heterocycles. The van der Waals surface area contributed by atoms with Crippen LogP contribution in [0, 0.1) is 6.92 Å². The van der Waals surface area contributed by atoms with Crippen molar-refractivity contribution in [1.29, 1.82) is 0 Å². The molecule has 2 aromatic heterocycles. The van der Waals surface area contributed by atoms with Gasteiger partial charge in [-0.3, -0.25) is 0 Å². The van der Waals surface area contributed by atoms with Crippen LogP contribution < -0.4 is 5.32 Å². The highest BCUT2D eigenvalue weighted by Gasteiger charge is 2.16. The van der Waals surface area contributed by atoms with Crippen LogP contribution in [0.3, 0.4) is 0 Å².